The number of benzene rings is 3. The minimum Gasteiger partial charge on any atom is -0.497 e. The van der Waals surface area contributed by atoms with Crippen molar-refractivity contribution in [1.29, 1.82) is 0 Å². The summed E-state index contributed by atoms with van der Waals surface area (Å²) in [6, 6.07) is 26.6. The molecule has 0 fully saturated rings. The van der Waals surface area contributed by atoms with E-state index in [9.17, 15) is 8.42 Å². The highest BCUT2D eigenvalue weighted by molar-refractivity contribution is 7.90. The predicted molar refractivity (Wildman–Crippen MR) is 147 cm³/mol. The van der Waals surface area contributed by atoms with Crippen LogP contribution < -0.4 is 4.74 Å². The second-order valence-corrected chi connectivity index (χ2v) is 10.9. The first-order valence-electron chi connectivity index (χ1n) is 11.9. The van der Waals surface area contributed by atoms with Gasteiger partial charge in [0.2, 0.25) is 0 Å². The van der Waals surface area contributed by atoms with Crippen molar-refractivity contribution in [1.82, 2.24) is 13.5 Å². The van der Waals surface area contributed by atoms with Gasteiger partial charge in [-0.2, -0.15) is 0 Å². The first-order valence-corrected chi connectivity index (χ1v) is 13.3. The third-order valence-electron chi connectivity index (χ3n) is 6.74. The summed E-state index contributed by atoms with van der Waals surface area (Å²) in [6.45, 7) is 1.93. The fraction of sp³-hybridized carbons (Fsp3) is 0.100. The molecule has 0 unspecified atom stereocenters. The zero-order chi connectivity index (χ0) is 25.7. The number of ether oxygens (including phenoxy) is 1. The van der Waals surface area contributed by atoms with Gasteiger partial charge in [0.1, 0.15) is 5.75 Å². The molecule has 3 heterocycles. The van der Waals surface area contributed by atoms with Crippen LogP contribution in [0.25, 0.3) is 44.3 Å². The van der Waals surface area contributed by atoms with Crippen molar-refractivity contribution in [2.75, 3.05) is 7.11 Å². The van der Waals surface area contributed by atoms with Crippen LogP contribution in [0.4, 0.5) is 0 Å². The largest absolute Gasteiger partial charge is 0.497 e. The fourth-order valence-corrected chi connectivity index (χ4v) is 6.29. The third-order valence-corrected chi connectivity index (χ3v) is 8.46. The summed E-state index contributed by atoms with van der Waals surface area (Å²) in [5.74, 6) is 0.702. The Labute approximate surface area is 215 Å². The van der Waals surface area contributed by atoms with E-state index >= 15 is 0 Å². The molecule has 0 saturated carbocycles. The van der Waals surface area contributed by atoms with Gasteiger partial charge in [-0.3, -0.25) is 0 Å². The van der Waals surface area contributed by atoms with Crippen LogP contribution >= 0.6 is 0 Å². The molecule has 6 nitrogen and oxygen atoms in total. The van der Waals surface area contributed by atoms with Crippen molar-refractivity contribution in [3.63, 3.8) is 0 Å². The molecule has 0 aliphatic rings. The molecule has 0 radical (unpaired) electrons. The fourth-order valence-electron chi connectivity index (χ4n) is 4.81. The Balaban J connectivity index is 1.67. The van der Waals surface area contributed by atoms with Crippen molar-refractivity contribution in [3.05, 3.63) is 103 Å². The first-order chi connectivity index (χ1) is 17.9. The minimum atomic E-state index is -3.96. The summed E-state index contributed by atoms with van der Waals surface area (Å²) in [7, 11) is -0.384. The van der Waals surface area contributed by atoms with E-state index in [1.165, 1.54) is 3.97 Å². The second-order valence-electron chi connectivity index (χ2n) is 9.15. The molecule has 0 saturated heterocycles. The van der Waals surface area contributed by atoms with E-state index in [0.717, 1.165) is 38.5 Å². The minimum absolute atomic E-state index is 0.212. The molecule has 0 aliphatic heterocycles. The van der Waals surface area contributed by atoms with E-state index in [-0.39, 0.29) is 4.90 Å². The zero-order valence-corrected chi connectivity index (χ0v) is 21.5. The number of fused-ring (bicyclic) bond motifs is 2. The average molecular weight is 508 g/mol. The first kappa shape index (κ1) is 23.1. The number of aromatic nitrogens is 3. The summed E-state index contributed by atoms with van der Waals surface area (Å²) in [5.41, 5.74) is 5.61. The molecule has 6 rings (SSSR count). The number of rotatable bonds is 5. The number of hydrogen-bond acceptors (Lipinski definition) is 4. The van der Waals surface area contributed by atoms with Crippen LogP contribution in [0.3, 0.4) is 0 Å². The molecular weight excluding hydrogens is 482 g/mol. The van der Waals surface area contributed by atoms with Gasteiger partial charge >= 0.3 is 0 Å². The summed E-state index contributed by atoms with van der Waals surface area (Å²) >= 11 is 0. The highest BCUT2D eigenvalue weighted by Crippen LogP contribution is 2.38. The Kier molecular flexibility index (Phi) is 5.38. The number of aryl methyl sites for hydroxylation is 2. The van der Waals surface area contributed by atoms with Crippen LogP contribution in [-0.2, 0) is 17.1 Å². The van der Waals surface area contributed by atoms with Crippen LogP contribution in [0.15, 0.2) is 102 Å². The van der Waals surface area contributed by atoms with Gasteiger partial charge < -0.3 is 9.30 Å². The van der Waals surface area contributed by atoms with Crippen LogP contribution in [0.1, 0.15) is 5.56 Å². The molecule has 0 amide bonds. The highest BCUT2D eigenvalue weighted by Gasteiger charge is 2.27. The van der Waals surface area contributed by atoms with Crippen LogP contribution in [0.5, 0.6) is 5.75 Å². The SMILES string of the molecule is COc1ccc2c(c1)c(-c1cc3cc(-c4ccccc4)cnc3n1S(=O)(=O)c1ccc(C)cc1)cn2C. The van der Waals surface area contributed by atoms with Crippen molar-refractivity contribution < 1.29 is 13.2 Å². The van der Waals surface area contributed by atoms with E-state index in [1.54, 1.807) is 25.4 Å². The summed E-state index contributed by atoms with van der Waals surface area (Å²) in [5, 5.41) is 1.64. The van der Waals surface area contributed by atoms with Gasteiger partial charge in [0.05, 0.1) is 17.7 Å². The van der Waals surface area contributed by atoms with Crippen LogP contribution in [0, 0.1) is 6.92 Å². The Morgan fingerprint density at radius 3 is 2.35 bits per heavy atom. The van der Waals surface area contributed by atoms with E-state index in [4.69, 9.17) is 4.74 Å². The van der Waals surface area contributed by atoms with Crippen molar-refractivity contribution in [3.8, 4) is 28.1 Å². The molecule has 37 heavy (non-hydrogen) atoms. The lowest BCUT2D eigenvalue weighted by atomic mass is 10.1. The molecule has 0 atom stereocenters. The topological polar surface area (TPSA) is 66.1 Å². The van der Waals surface area contributed by atoms with Gasteiger partial charge in [0, 0.05) is 46.9 Å². The van der Waals surface area contributed by atoms with Crippen LogP contribution in [0.2, 0.25) is 0 Å². The molecule has 0 aliphatic carbocycles. The maximum atomic E-state index is 14.1. The van der Waals surface area contributed by atoms with E-state index in [0.29, 0.717) is 17.1 Å². The summed E-state index contributed by atoms with van der Waals surface area (Å²) in [4.78, 5) is 4.90. The van der Waals surface area contributed by atoms with Gasteiger partial charge in [0.15, 0.2) is 5.65 Å². The van der Waals surface area contributed by atoms with E-state index < -0.39 is 10.0 Å². The monoisotopic (exact) mass is 507 g/mol. The molecule has 0 spiro atoms. The smallest absolute Gasteiger partial charge is 0.269 e. The van der Waals surface area contributed by atoms with Crippen molar-refractivity contribution in [2.24, 2.45) is 7.05 Å². The van der Waals surface area contributed by atoms with Crippen molar-refractivity contribution >= 4 is 32.0 Å². The predicted octanol–water partition coefficient (Wildman–Crippen LogP) is 6.42. The third kappa shape index (κ3) is 3.79. The quantitative estimate of drug-likeness (QED) is 0.270. The lowest BCUT2D eigenvalue weighted by Gasteiger charge is -2.12. The van der Waals surface area contributed by atoms with Gasteiger partial charge in [-0.05, 0) is 55.0 Å². The lowest BCUT2D eigenvalue weighted by Crippen LogP contribution is -2.14. The molecule has 7 heteroatoms. The van der Waals surface area contributed by atoms with Crippen LogP contribution in [-0.4, -0.2) is 29.1 Å². The lowest BCUT2D eigenvalue weighted by molar-refractivity contribution is 0.415. The van der Waals surface area contributed by atoms with E-state index in [1.807, 2.05) is 97.5 Å². The highest BCUT2D eigenvalue weighted by atomic mass is 32.2. The Bertz CT molecular complexity index is 1880. The van der Waals surface area contributed by atoms with E-state index in [2.05, 4.69) is 4.98 Å². The molecule has 6 aromatic rings. The number of hydrogen-bond donors (Lipinski definition) is 0. The summed E-state index contributed by atoms with van der Waals surface area (Å²) in [6.07, 6.45) is 3.69. The maximum absolute atomic E-state index is 14.1. The number of nitrogens with zero attached hydrogens (tertiary/aromatic N) is 3. The molecule has 0 bridgehead atoms. The molecule has 3 aromatic heterocycles. The Morgan fingerprint density at radius 2 is 1.62 bits per heavy atom. The van der Waals surface area contributed by atoms with Crippen molar-refractivity contribution in [2.45, 2.75) is 11.8 Å². The molecule has 0 N–H and O–H groups in total. The number of pyridine rings is 1. The van der Waals surface area contributed by atoms with Gasteiger partial charge in [-0.1, -0.05) is 48.0 Å². The molecule has 184 valence electrons. The average Bonchev–Trinajstić information content (AvgIpc) is 3.46. The normalized spacial score (nSPS) is 11.9. The molecule has 3 aromatic carbocycles. The Morgan fingerprint density at radius 1 is 0.865 bits per heavy atom. The maximum Gasteiger partial charge on any atom is 0.269 e. The zero-order valence-electron chi connectivity index (χ0n) is 20.7. The Hall–Kier alpha value is -4.36. The van der Waals surface area contributed by atoms with Gasteiger partial charge in [-0.25, -0.2) is 17.4 Å². The standard InChI is InChI=1S/C30H25N3O3S/c1-20-9-12-25(13-10-20)37(34,35)33-29(27-19-32(2)28-14-11-24(36-3)17-26(27)28)16-22-15-23(18-31-30(22)33)21-7-5-4-6-8-21/h4-19H,1-3H3. The second kappa shape index (κ2) is 8.64. The number of methoxy groups -OCH3 is 1. The van der Waals surface area contributed by atoms with Gasteiger partial charge in [-0.15, -0.1) is 0 Å². The van der Waals surface area contributed by atoms with Gasteiger partial charge in [0.25, 0.3) is 10.0 Å². The summed E-state index contributed by atoms with van der Waals surface area (Å²) < 4.78 is 37.1. The molecular formula is C30H25N3O3S.